The van der Waals surface area contributed by atoms with Crippen molar-refractivity contribution in [3.8, 4) is 34.1 Å². The molecule has 2 aromatic heterocycles. The second-order valence-electron chi connectivity index (χ2n) is 10.7. The summed E-state index contributed by atoms with van der Waals surface area (Å²) in [6.07, 6.45) is 6.17. The summed E-state index contributed by atoms with van der Waals surface area (Å²) in [7, 11) is 3.32. The third kappa shape index (κ3) is 8.10. The van der Waals surface area contributed by atoms with Crippen LogP contribution in [-0.4, -0.2) is 68.4 Å². The summed E-state index contributed by atoms with van der Waals surface area (Å²) >= 11 is 0. The second-order valence-corrected chi connectivity index (χ2v) is 12.3. The third-order valence-corrected chi connectivity index (χ3v) is 8.84. The Morgan fingerprint density at radius 3 is 2.46 bits per heavy atom. The molecule has 1 atom stereocenters. The minimum absolute atomic E-state index is 0.153. The minimum atomic E-state index is -3.84. The molecule has 2 heterocycles. The van der Waals surface area contributed by atoms with E-state index in [1.807, 2.05) is 61.6 Å². The van der Waals surface area contributed by atoms with E-state index in [-0.39, 0.29) is 19.1 Å². The Bertz CT molecular complexity index is 1800. The Morgan fingerprint density at radius 2 is 1.80 bits per heavy atom. The number of fused-ring (bicyclic) bond motifs is 1. The first-order valence-corrected chi connectivity index (χ1v) is 16.4. The van der Waals surface area contributed by atoms with Crippen molar-refractivity contribution < 1.29 is 27.7 Å². The van der Waals surface area contributed by atoms with Crippen molar-refractivity contribution in [3.63, 3.8) is 0 Å². The Hall–Kier alpha value is -4.30. The van der Waals surface area contributed by atoms with Gasteiger partial charge in [-0.3, -0.25) is 18.4 Å². The van der Waals surface area contributed by atoms with Crippen LogP contribution in [0, 0.1) is 11.3 Å². The zero-order valence-corrected chi connectivity index (χ0v) is 28.2. The van der Waals surface area contributed by atoms with Crippen LogP contribution in [0.5, 0.6) is 5.75 Å². The molecule has 0 bridgehead atoms. The molecule has 0 fully saturated rings. The average molecular weight is 646 g/mol. The molecule has 1 unspecified atom stereocenters. The number of ether oxygens (including phenoxy) is 1. The van der Waals surface area contributed by atoms with Crippen molar-refractivity contribution in [2.75, 3.05) is 52.9 Å². The van der Waals surface area contributed by atoms with Gasteiger partial charge in [-0.25, -0.2) is 9.55 Å². The highest BCUT2D eigenvalue weighted by Gasteiger charge is 2.30. The lowest BCUT2D eigenvalue weighted by atomic mass is 10.0. The summed E-state index contributed by atoms with van der Waals surface area (Å²) in [5.74, 6) is 0.408. The number of hydrogen-bond acceptors (Lipinski definition) is 9. The summed E-state index contributed by atoms with van der Waals surface area (Å²) in [5.41, 5.74) is 4.87. The first-order chi connectivity index (χ1) is 22.0. The zero-order valence-electron chi connectivity index (χ0n) is 27.3. The van der Waals surface area contributed by atoms with Crippen molar-refractivity contribution in [1.82, 2.24) is 14.5 Å². The number of nitrogens with zero attached hydrogens (tertiary/aromatic N) is 5. The minimum Gasteiger partial charge on any atom is -0.497 e. The first-order valence-electron chi connectivity index (χ1n) is 14.9. The van der Waals surface area contributed by atoms with E-state index in [0.29, 0.717) is 29.2 Å². The molecule has 0 aliphatic rings. The number of hydrogen-bond donors (Lipinski definition) is 0. The van der Waals surface area contributed by atoms with Gasteiger partial charge in [0, 0.05) is 60.3 Å². The number of carbonyl (C=O) groups is 1. The molecule has 0 saturated heterocycles. The Kier molecular flexibility index (Phi) is 11.5. The molecule has 11 nitrogen and oxygen atoms in total. The van der Waals surface area contributed by atoms with Crippen LogP contribution >= 0.6 is 7.82 Å². The number of pyridine rings is 1. The van der Waals surface area contributed by atoms with Crippen LogP contribution in [-0.2, 0) is 22.9 Å². The highest BCUT2D eigenvalue weighted by atomic mass is 31.2. The van der Waals surface area contributed by atoms with E-state index in [2.05, 4.69) is 6.07 Å². The number of nitriles is 1. The number of phosphoric ester groups is 1. The molecule has 0 spiro atoms. The normalized spacial score (nSPS) is 12.5. The molecule has 46 heavy (non-hydrogen) atoms. The van der Waals surface area contributed by atoms with E-state index in [1.165, 1.54) is 0 Å². The fourth-order valence-corrected chi connectivity index (χ4v) is 6.17. The van der Waals surface area contributed by atoms with E-state index in [4.69, 9.17) is 23.3 Å². The molecule has 0 saturated carbocycles. The predicted molar refractivity (Wildman–Crippen MR) is 180 cm³/mol. The number of methoxy groups -OCH3 is 1. The molecule has 0 radical (unpaired) electrons. The molecule has 2 aromatic carbocycles. The van der Waals surface area contributed by atoms with Gasteiger partial charge in [0.05, 0.1) is 32.0 Å². The number of aromatic nitrogens is 2. The molecule has 0 aliphatic heterocycles. The van der Waals surface area contributed by atoms with Crippen molar-refractivity contribution >= 4 is 30.5 Å². The number of benzene rings is 2. The lowest BCUT2D eigenvalue weighted by Crippen LogP contribution is -2.24. The Balaban J connectivity index is 1.84. The molecule has 12 heteroatoms. The van der Waals surface area contributed by atoms with Gasteiger partial charge in [0.25, 0.3) is 0 Å². The highest BCUT2D eigenvalue weighted by Crippen LogP contribution is 2.52. The number of anilines is 1. The largest absolute Gasteiger partial charge is 0.497 e. The number of phosphoric acid groups is 1. The van der Waals surface area contributed by atoms with Gasteiger partial charge in [-0.15, -0.1) is 0 Å². The second kappa shape index (κ2) is 15.3. The number of amides is 1. The van der Waals surface area contributed by atoms with Gasteiger partial charge in [-0.2, -0.15) is 5.26 Å². The van der Waals surface area contributed by atoms with E-state index < -0.39 is 14.1 Å². The molecule has 0 aliphatic carbocycles. The number of carbonyl (C=O) groups excluding carboxylic acids is 1. The fourth-order valence-electron chi connectivity index (χ4n) is 4.87. The smallest absolute Gasteiger partial charge is 0.476 e. The zero-order chi connectivity index (χ0) is 33.4. The van der Waals surface area contributed by atoms with Crippen molar-refractivity contribution in [1.29, 1.82) is 5.26 Å². The fraction of sp³-hybridized carbons (Fsp3) is 0.324. The van der Waals surface area contributed by atoms with Gasteiger partial charge in [-0.05, 0) is 76.3 Å². The monoisotopic (exact) mass is 645 g/mol. The highest BCUT2D eigenvalue weighted by molar-refractivity contribution is 7.48. The Labute approximate surface area is 270 Å². The lowest BCUT2D eigenvalue weighted by molar-refractivity contribution is -0.113. The topological polar surface area (TPSA) is 119 Å². The summed E-state index contributed by atoms with van der Waals surface area (Å²) < 4.78 is 37.2. The van der Waals surface area contributed by atoms with E-state index in [9.17, 15) is 14.6 Å². The molecule has 1 amide bonds. The molecular formula is C34H40N5O6P. The van der Waals surface area contributed by atoms with Gasteiger partial charge in [0.2, 0.25) is 5.91 Å². The summed E-state index contributed by atoms with van der Waals surface area (Å²) in [4.78, 5) is 21.3. The molecule has 0 N–H and O–H groups in total. The maximum Gasteiger partial charge on any atom is 0.476 e. The summed E-state index contributed by atoms with van der Waals surface area (Å²) in [5, 5.41) is 10.3. The van der Waals surface area contributed by atoms with E-state index in [1.54, 1.807) is 74.9 Å². The molecular weight excluding hydrogens is 605 g/mol. The van der Waals surface area contributed by atoms with Crippen LogP contribution in [0.4, 0.5) is 5.69 Å². The molecule has 242 valence electrons. The average Bonchev–Trinajstić information content (AvgIpc) is 3.43. The quantitative estimate of drug-likeness (QED) is 0.105. The standard InChI is InChI=1S/C34H40N5O6P/c1-8-43-46(41,44-9-2)45-24(3)39-23-32(26-13-10-12-25(16-26)21-35)31-19-28(22-36-34(31)39)27-17-29(20-30(18-27)42-7)38(6)33(40)14-11-15-37(4)5/h10-14,16-20,22-24H,8-9,15H2,1-7H3. The van der Waals surface area contributed by atoms with Crippen molar-refractivity contribution in [2.24, 2.45) is 0 Å². The maximum absolute atomic E-state index is 13.2. The van der Waals surface area contributed by atoms with E-state index >= 15 is 0 Å². The van der Waals surface area contributed by atoms with Crippen LogP contribution in [0.3, 0.4) is 0 Å². The van der Waals surface area contributed by atoms with Crippen molar-refractivity contribution in [2.45, 2.75) is 27.0 Å². The third-order valence-electron chi connectivity index (χ3n) is 7.13. The summed E-state index contributed by atoms with van der Waals surface area (Å²) in [6.45, 7) is 6.12. The van der Waals surface area contributed by atoms with E-state index in [0.717, 1.165) is 27.6 Å². The van der Waals surface area contributed by atoms with Crippen LogP contribution in [0.25, 0.3) is 33.3 Å². The number of likely N-dealkylation sites (N-methyl/N-ethyl adjacent to an activating group) is 2. The maximum atomic E-state index is 13.2. The molecule has 4 aromatic rings. The van der Waals surface area contributed by atoms with Gasteiger partial charge >= 0.3 is 7.82 Å². The van der Waals surface area contributed by atoms with Crippen LogP contribution in [0.2, 0.25) is 0 Å². The van der Waals surface area contributed by atoms with Crippen LogP contribution < -0.4 is 9.64 Å². The van der Waals surface area contributed by atoms with Gasteiger partial charge < -0.3 is 19.1 Å². The van der Waals surface area contributed by atoms with Crippen LogP contribution in [0.1, 0.15) is 32.6 Å². The first kappa shape index (κ1) is 34.6. The lowest BCUT2D eigenvalue weighted by Gasteiger charge is -2.22. The SMILES string of the molecule is CCOP(=O)(OCC)OC(C)n1cc(-c2cccc(C#N)c2)c2cc(-c3cc(OC)cc(N(C)C(=O)C=CCN(C)C)c3)cnc21. The van der Waals surface area contributed by atoms with Crippen molar-refractivity contribution in [3.05, 3.63) is 78.6 Å². The van der Waals surface area contributed by atoms with Gasteiger partial charge in [-0.1, -0.05) is 18.2 Å². The molecule has 4 rings (SSSR count). The van der Waals surface area contributed by atoms with Gasteiger partial charge in [0.15, 0.2) is 0 Å². The van der Waals surface area contributed by atoms with Crippen LogP contribution in [0.15, 0.2) is 73.1 Å². The van der Waals surface area contributed by atoms with Gasteiger partial charge in [0.1, 0.15) is 17.6 Å². The summed E-state index contributed by atoms with van der Waals surface area (Å²) in [6, 6.07) is 17.0. The predicted octanol–water partition coefficient (Wildman–Crippen LogP) is 7.05. The Morgan fingerprint density at radius 1 is 1.07 bits per heavy atom. The number of rotatable bonds is 14.